The number of para-hydroxylation sites is 1. The lowest BCUT2D eigenvalue weighted by Gasteiger charge is -2.18. The van der Waals surface area contributed by atoms with E-state index in [1.54, 1.807) is 0 Å². The number of rotatable bonds is 6. The minimum atomic E-state index is 0.635. The van der Waals surface area contributed by atoms with Crippen LogP contribution in [-0.2, 0) is 13.0 Å². The number of aromatic nitrogens is 2. The van der Waals surface area contributed by atoms with Crippen molar-refractivity contribution < 1.29 is 0 Å². The first-order chi connectivity index (χ1) is 9.17. The number of hydrogen-bond acceptors (Lipinski definition) is 2. The van der Waals surface area contributed by atoms with Crippen molar-refractivity contribution in [3.8, 4) is 0 Å². The molecule has 3 nitrogen and oxygen atoms in total. The lowest BCUT2D eigenvalue weighted by atomic mass is 9.91. The number of fused-ring (bicyclic) bond motifs is 1. The highest BCUT2D eigenvalue weighted by molar-refractivity contribution is 5.81. The molecule has 2 atom stereocenters. The molecular weight excluding hydrogens is 234 g/mol. The maximum Gasteiger partial charge on any atom is 0.0706 e. The van der Waals surface area contributed by atoms with Gasteiger partial charge in [-0.2, -0.15) is 5.10 Å². The zero-order valence-corrected chi connectivity index (χ0v) is 12.5. The van der Waals surface area contributed by atoms with Gasteiger partial charge in [-0.25, -0.2) is 0 Å². The summed E-state index contributed by atoms with van der Waals surface area (Å²) in [6.45, 7) is 8.77. The Labute approximate surface area is 116 Å². The van der Waals surface area contributed by atoms with Crippen molar-refractivity contribution >= 4 is 10.9 Å². The van der Waals surface area contributed by atoms with Gasteiger partial charge in [0.2, 0.25) is 0 Å². The monoisotopic (exact) mass is 259 g/mol. The fraction of sp³-hybridized carbons (Fsp3) is 0.562. The van der Waals surface area contributed by atoms with E-state index < -0.39 is 0 Å². The quantitative estimate of drug-likeness (QED) is 0.864. The molecule has 1 N–H and O–H groups in total. The van der Waals surface area contributed by atoms with Gasteiger partial charge in [0.05, 0.1) is 11.2 Å². The van der Waals surface area contributed by atoms with Crippen LogP contribution in [0.1, 0.15) is 26.5 Å². The highest BCUT2D eigenvalue weighted by Gasteiger charge is 2.16. The average molecular weight is 259 g/mol. The van der Waals surface area contributed by atoms with Crippen LogP contribution in [0.15, 0.2) is 24.3 Å². The van der Waals surface area contributed by atoms with Gasteiger partial charge < -0.3 is 5.32 Å². The highest BCUT2D eigenvalue weighted by atomic mass is 15.3. The summed E-state index contributed by atoms with van der Waals surface area (Å²) < 4.78 is 2.11. The lowest BCUT2D eigenvalue weighted by Crippen LogP contribution is -2.23. The molecule has 104 valence electrons. The molecule has 0 aliphatic rings. The molecule has 0 aliphatic carbocycles. The van der Waals surface area contributed by atoms with Crippen LogP contribution >= 0.6 is 0 Å². The van der Waals surface area contributed by atoms with Crippen LogP contribution in [0.25, 0.3) is 10.9 Å². The molecule has 1 heterocycles. The predicted octanol–water partition coefficient (Wildman–Crippen LogP) is 3.09. The summed E-state index contributed by atoms with van der Waals surface area (Å²) in [4.78, 5) is 0. The molecule has 3 heteroatoms. The Balaban J connectivity index is 2.25. The minimum absolute atomic E-state index is 0.635. The Kier molecular flexibility index (Phi) is 4.59. The number of nitrogens with zero attached hydrogens (tertiary/aromatic N) is 2. The molecule has 2 rings (SSSR count). The zero-order valence-electron chi connectivity index (χ0n) is 12.5. The molecule has 0 saturated carbocycles. The van der Waals surface area contributed by atoms with Crippen LogP contribution in [0.4, 0.5) is 0 Å². The molecule has 2 aromatic rings. The van der Waals surface area contributed by atoms with Crippen molar-refractivity contribution in [1.82, 2.24) is 15.1 Å². The van der Waals surface area contributed by atoms with E-state index in [0.29, 0.717) is 11.8 Å². The fourth-order valence-electron chi connectivity index (χ4n) is 2.62. The van der Waals surface area contributed by atoms with Crippen LogP contribution in [0, 0.1) is 11.8 Å². The zero-order chi connectivity index (χ0) is 13.8. The van der Waals surface area contributed by atoms with Gasteiger partial charge >= 0.3 is 0 Å². The Morgan fingerprint density at radius 1 is 1.21 bits per heavy atom. The molecule has 1 aromatic carbocycles. The predicted molar refractivity (Wildman–Crippen MR) is 81.4 cm³/mol. The van der Waals surface area contributed by atoms with E-state index in [2.05, 4.69) is 55.0 Å². The largest absolute Gasteiger partial charge is 0.319 e. The summed E-state index contributed by atoms with van der Waals surface area (Å²) >= 11 is 0. The van der Waals surface area contributed by atoms with Crippen LogP contribution in [0.2, 0.25) is 0 Å². The van der Waals surface area contributed by atoms with Gasteiger partial charge in [0.1, 0.15) is 0 Å². The van der Waals surface area contributed by atoms with Crippen molar-refractivity contribution in [2.45, 2.75) is 33.7 Å². The van der Waals surface area contributed by atoms with E-state index in [-0.39, 0.29) is 0 Å². The topological polar surface area (TPSA) is 29.9 Å². The maximum absolute atomic E-state index is 4.79. The summed E-state index contributed by atoms with van der Waals surface area (Å²) in [6.07, 6.45) is 1.05. The van der Waals surface area contributed by atoms with Gasteiger partial charge in [0, 0.05) is 11.9 Å². The molecule has 2 unspecified atom stereocenters. The second kappa shape index (κ2) is 6.20. The van der Waals surface area contributed by atoms with E-state index in [1.165, 1.54) is 16.6 Å². The van der Waals surface area contributed by atoms with Gasteiger partial charge in [0.25, 0.3) is 0 Å². The molecule has 0 aliphatic heterocycles. The van der Waals surface area contributed by atoms with Crippen LogP contribution in [-0.4, -0.2) is 23.4 Å². The van der Waals surface area contributed by atoms with Crippen LogP contribution in [0.3, 0.4) is 0 Å². The Hall–Kier alpha value is -1.35. The van der Waals surface area contributed by atoms with E-state index in [4.69, 9.17) is 5.10 Å². The van der Waals surface area contributed by atoms with E-state index >= 15 is 0 Å². The number of hydrogen-bond donors (Lipinski definition) is 1. The Bertz CT molecular complexity index is 530. The van der Waals surface area contributed by atoms with Gasteiger partial charge in [-0.15, -0.1) is 0 Å². The average Bonchev–Trinajstić information content (AvgIpc) is 2.77. The number of aryl methyl sites for hydroxylation is 1. The molecule has 0 bridgehead atoms. The second-order valence-electron chi connectivity index (χ2n) is 5.50. The van der Waals surface area contributed by atoms with E-state index in [9.17, 15) is 0 Å². The number of nitrogens with one attached hydrogen (secondary N) is 1. The third-order valence-electron chi connectivity index (χ3n) is 4.05. The van der Waals surface area contributed by atoms with Crippen molar-refractivity contribution in [3.63, 3.8) is 0 Å². The molecule has 0 fully saturated rings. The van der Waals surface area contributed by atoms with Crippen molar-refractivity contribution in [1.29, 1.82) is 0 Å². The number of benzene rings is 1. The lowest BCUT2D eigenvalue weighted by molar-refractivity contribution is 0.371. The first-order valence-electron chi connectivity index (χ1n) is 7.26. The smallest absolute Gasteiger partial charge is 0.0706 e. The van der Waals surface area contributed by atoms with E-state index in [0.717, 1.165) is 19.5 Å². The molecule has 1 aromatic heterocycles. The summed E-state index contributed by atoms with van der Waals surface area (Å²) in [5.74, 6) is 1.30. The second-order valence-corrected chi connectivity index (χ2v) is 5.50. The van der Waals surface area contributed by atoms with Crippen LogP contribution in [0.5, 0.6) is 0 Å². The van der Waals surface area contributed by atoms with Crippen LogP contribution < -0.4 is 5.32 Å². The fourth-order valence-corrected chi connectivity index (χ4v) is 2.62. The Morgan fingerprint density at radius 3 is 2.63 bits per heavy atom. The first-order valence-corrected chi connectivity index (χ1v) is 7.26. The molecule has 0 spiro atoms. The summed E-state index contributed by atoms with van der Waals surface area (Å²) in [7, 11) is 2.02. The summed E-state index contributed by atoms with van der Waals surface area (Å²) in [5, 5.41) is 9.36. The van der Waals surface area contributed by atoms with Gasteiger partial charge in [0.15, 0.2) is 0 Å². The van der Waals surface area contributed by atoms with Gasteiger partial charge in [-0.3, -0.25) is 4.68 Å². The van der Waals surface area contributed by atoms with E-state index in [1.807, 2.05) is 7.05 Å². The highest BCUT2D eigenvalue weighted by Crippen LogP contribution is 2.23. The molecule has 0 saturated heterocycles. The normalized spacial score (nSPS) is 14.7. The maximum atomic E-state index is 4.79. The van der Waals surface area contributed by atoms with Crippen molar-refractivity contribution in [3.05, 3.63) is 30.0 Å². The summed E-state index contributed by atoms with van der Waals surface area (Å²) in [5.41, 5.74) is 2.50. The summed E-state index contributed by atoms with van der Waals surface area (Å²) in [6, 6.07) is 8.55. The molecular formula is C16H25N3. The van der Waals surface area contributed by atoms with Gasteiger partial charge in [-0.05, 0) is 44.8 Å². The third-order valence-corrected chi connectivity index (χ3v) is 4.05. The standard InChI is InChI=1S/C16H25N3/c1-5-19-16-9-7-6-8-14(16)15(18-19)10-12(2)13(3)11-17-4/h6-9,12-13,17H,5,10-11H2,1-4H3. The Morgan fingerprint density at radius 2 is 1.95 bits per heavy atom. The molecule has 19 heavy (non-hydrogen) atoms. The minimum Gasteiger partial charge on any atom is -0.319 e. The molecule has 0 radical (unpaired) electrons. The first kappa shape index (κ1) is 14.1. The SMILES string of the molecule is CCn1nc(CC(C)C(C)CNC)c2ccccc21. The van der Waals surface area contributed by atoms with Crippen molar-refractivity contribution in [2.75, 3.05) is 13.6 Å². The van der Waals surface area contributed by atoms with Gasteiger partial charge in [-0.1, -0.05) is 32.0 Å². The third kappa shape index (κ3) is 2.98. The van der Waals surface area contributed by atoms with Crippen molar-refractivity contribution in [2.24, 2.45) is 11.8 Å². The molecule has 0 amide bonds.